The van der Waals surface area contributed by atoms with E-state index in [1.165, 1.54) is 12.1 Å². The Morgan fingerprint density at radius 3 is 2.29 bits per heavy atom. The first-order valence-electron chi connectivity index (χ1n) is 11.3. The van der Waals surface area contributed by atoms with Crippen LogP contribution in [0.5, 0.6) is 5.75 Å². The maximum absolute atomic E-state index is 13.2. The maximum Gasteiger partial charge on any atom is 0.244 e. The zero-order valence-electron chi connectivity index (χ0n) is 18.9. The minimum Gasteiger partial charge on any atom is -0.488 e. The number of hydrogen-bond acceptors (Lipinski definition) is 3. The topological polar surface area (TPSA) is 50.7 Å². The Bertz CT molecular complexity index is 1520. The fourth-order valence-corrected chi connectivity index (χ4v) is 4.10. The summed E-state index contributed by atoms with van der Waals surface area (Å²) in [6.45, 7) is 0.285. The van der Waals surface area contributed by atoms with Crippen molar-refractivity contribution in [2.75, 3.05) is 0 Å². The summed E-state index contributed by atoms with van der Waals surface area (Å²) < 4.78 is 19.3. The third-order valence-electron chi connectivity index (χ3n) is 5.85. The van der Waals surface area contributed by atoms with Crippen molar-refractivity contribution in [1.82, 2.24) is 5.43 Å². The molecule has 172 valence electrons. The first kappa shape index (κ1) is 22.3. The molecule has 0 aromatic heterocycles. The van der Waals surface area contributed by atoms with E-state index in [1.54, 1.807) is 18.3 Å². The van der Waals surface area contributed by atoms with Crippen molar-refractivity contribution in [2.24, 2.45) is 5.10 Å². The molecule has 0 bridgehead atoms. The van der Waals surface area contributed by atoms with E-state index in [0.29, 0.717) is 5.75 Å². The van der Waals surface area contributed by atoms with E-state index < -0.39 is 0 Å². The van der Waals surface area contributed by atoms with Crippen molar-refractivity contribution < 1.29 is 13.9 Å². The zero-order chi connectivity index (χ0) is 24.0. The number of ether oxygens (including phenoxy) is 1. The summed E-state index contributed by atoms with van der Waals surface area (Å²) in [5.41, 5.74) is 5.21. The molecule has 0 aliphatic rings. The van der Waals surface area contributed by atoms with Gasteiger partial charge in [0, 0.05) is 5.56 Å². The summed E-state index contributed by atoms with van der Waals surface area (Å²) >= 11 is 0. The van der Waals surface area contributed by atoms with Crippen LogP contribution in [0.2, 0.25) is 0 Å². The third kappa shape index (κ3) is 5.20. The van der Waals surface area contributed by atoms with Crippen LogP contribution in [0.15, 0.2) is 108 Å². The Morgan fingerprint density at radius 1 is 0.800 bits per heavy atom. The SMILES string of the molecule is O=C(Cc1cccc2ccccc12)N/N=C\c1c(OCc2ccc(F)cc2)ccc2ccccc12. The van der Waals surface area contributed by atoms with E-state index in [0.717, 1.165) is 38.2 Å². The van der Waals surface area contributed by atoms with Crippen LogP contribution in [0.3, 0.4) is 0 Å². The summed E-state index contributed by atoms with van der Waals surface area (Å²) in [6, 6.07) is 31.9. The van der Waals surface area contributed by atoms with Gasteiger partial charge in [0.25, 0.3) is 0 Å². The smallest absolute Gasteiger partial charge is 0.244 e. The minimum atomic E-state index is -0.286. The van der Waals surface area contributed by atoms with Gasteiger partial charge in [0.15, 0.2) is 0 Å². The number of nitrogens with one attached hydrogen (secondary N) is 1. The molecular weight excluding hydrogens is 439 g/mol. The second-order valence-corrected chi connectivity index (χ2v) is 8.22. The lowest BCUT2D eigenvalue weighted by Gasteiger charge is -2.12. The number of hydrogen-bond donors (Lipinski definition) is 1. The van der Waals surface area contributed by atoms with Crippen molar-refractivity contribution in [3.8, 4) is 5.75 Å². The first-order chi connectivity index (χ1) is 17.2. The predicted octanol–water partition coefficient (Wildman–Crippen LogP) is 6.40. The molecule has 5 rings (SSSR count). The number of amides is 1. The molecule has 0 saturated heterocycles. The number of benzene rings is 5. The Kier molecular flexibility index (Phi) is 6.48. The Labute approximate surface area is 202 Å². The van der Waals surface area contributed by atoms with Gasteiger partial charge < -0.3 is 4.74 Å². The van der Waals surface area contributed by atoms with Crippen LogP contribution in [0.25, 0.3) is 21.5 Å². The van der Waals surface area contributed by atoms with Gasteiger partial charge in [0.1, 0.15) is 18.2 Å². The van der Waals surface area contributed by atoms with Gasteiger partial charge in [0.2, 0.25) is 5.91 Å². The lowest BCUT2D eigenvalue weighted by molar-refractivity contribution is -0.120. The summed E-state index contributed by atoms with van der Waals surface area (Å²) in [5.74, 6) is 0.137. The monoisotopic (exact) mass is 462 g/mol. The van der Waals surface area contributed by atoms with E-state index >= 15 is 0 Å². The molecule has 1 N–H and O–H groups in total. The van der Waals surface area contributed by atoms with Gasteiger partial charge in [-0.3, -0.25) is 4.79 Å². The van der Waals surface area contributed by atoms with Crippen LogP contribution in [0.1, 0.15) is 16.7 Å². The number of carbonyl (C=O) groups is 1. The number of halogens is 1. The Morgan fingerprint density at radius 2 is 1.49 bits per heavy atom. The van der Waals surface area contributed by atoms with Gasteiger partial charge >= 0.3 is 0 Å². The standard InChI is InChI=1S/C30H23FN2O2/c31-25-15-12-21(13-16-25)20-35-29-17-14-23-7-2-4-11-27(23)28(29)19-32-33-30(34)18-24-9-5-8-22-6-1-3-10-26(22)24/h1-17,19H,18,20H2,(H,33,34)/b32-19-. The van der Waals surface area contributed by atoms with E-state index in [1.807, 2.05) is 78.9 Å². The molecule has 0 atom stereocenters. The minimum absolute atomic E-state index is 0.202. The number of rotatable bonds is 7. The summed E-state index contributed by atoms with van der Waals surface area (Å²) in [7, 11) is 0. The molecule has 0 radical (unpaired) electrons. The Balaban J connectivity index is 1.35. The number of hydrazone groups is 1. The third-order valence-corrected chi connectivity index (χ3v) is 5.85. The van der Waals surface area contributed by atoms with Crippen molar-refractivity contribution in [2.45, 2.75) is 13.0 Å². The highest BCUT2D eigenvalue weighted by molar-refractivity contribution is 6.02. The fraction of sp³-hybridized carbons (Fsp3) is 0.0667. The van der Waals surface area contributed by atoms with Gasteiger partial charge in [-0.15, -0.1) is 0 Å². The van der Waals surface area contributed by atoms with E-state index in [-0.39, 0.29) is 24.8 Å². The van der Waals surface area contributed by atoms with Crippen molar-refractivity contribution >= 4 is 33.7 Å². The Hall–Kier alpha value is -4.51. The summed E-state index contributed by atoms with van der Waals surface area (Å²) in [5, 5.41) is 8.38. The predicted molar refractivity (Wildman–Crippen MR) is 138 cm³/mol. The number of carbonyl (C=O) groups excluding carboxylic acids is 1. The summed E-state index contributed by atoms with van der Waals surface area (Å²) in [4.78, 5) is 12.6. The first-order valence-corrected chi connectivity index (χ1v) is 11.3. The molecule has 0 aliphatic heterocycles. The van der Waals surface area contributed by atoms with Gasteiger partial charge in [-0.2, -0.15) is 5.10 Å². The highest BCUT2D eigenvalue weighted by Crippen LogP contribution is 2.27. The quantitative estimate of drug-likeness (QED) is 0.225. The van der Waals surface area contributed by atoms with Crippen LogP contribution in [-0.2, 0) is 17.8 Å². The molecule has 0 saturated carbocycles. The number of fused-ring (bicyclic) bond motifs is 2. The molecule has 5 aromatic carbocycles. The van der Waals surface area contributed by atoms with E-state index in [4.69, 9.17) is 4.74 Å². The van der Waals surface area contributed by atoms with Crippen LogP contribution in [0, 0.1) is 5.82 Å². The number of nitrogens with zero attached hydrogens (tertiary/aromatic N) is 1. The highest BCUT2D eigenvalue weighted by Gasteiger charge is 2.09. The average molecular weight is 463 g/mol. The molecule has 0 heterocycles. The molecular formula is C30H23FN2O2. The highest BCUT2D eigenvalue weighted by atomic mass is 19.1. The van der Waals surface area contributed by atoms with Gasteiger partial charge in [-0.05, 0) is 50.9 Å². The second-order valence-electron chi connectivity index (χ2n) is 8.22. The van der Waals surface area contributed by atoms with Crippen LogP contribution in [0.4, 0.5) is 4.39 Å². The lowest BCUT2D eigenvalue weighted by atomic mass is 10.0. The summed E-state index contributed by atoms with van der Waals surface area (Å²) in [6.07, 6.45) is 1.84. The van der Waals surface area contributed by atoms with Gasteiger partial charge in [-0.1, -0.05) is 84.9 Å². The molecule has 4 nitrogen and oxygen atoms in total. The van der Waals surface area contributed by atoms with Crippen molar-refractivity contribution in [3.05, 3.63) is 126 Å². The molecule has 1 amide bonds. The normalized spacial score (nSPS) is 11.2. The van der Waals surface area contributed by atoms with Crippen LogP contribution in [-0.4, -0.2) is 12.1 Å². The molecule has 5 heteroatoms. The lowest BCUT2D eigenvalue weighted by Crippen LogP contribution is -2.20. The molecule has 0 unspecified atom stereocenters. The molecule has 0 fully saturated rings. The molecule has 35 heavy (non-hydrogen) atoms. The van der Waals surface area contributed by atoms with Crippen LogP contribution < -0.4 is 10.2 Å². The zero-order valence-corrected chi connectivity index (χ0v) is 18.9. The average Bonchev–Trinajstić information content (AvgIpc) is 2.89. The second kappa shape index (κ2) is 10.2. The maximum atomic E-state index is 13.2. The van der Waals surface area contributed by atoms with Gasteiger partial charge in [0.05, 0.1) is 12.6 Å². The van der Waals surface area contributed by atoms with E-state index in [2.05, 4.69) is 10.5 Å². The van der Waals surface area contributed by atoms with Crippen molar-refractivity contribution in [1.29, 1.82) is 0 Å². The van der Waals surface area contributed by atoms with E-state index in [9.17, 15) is 9.18 Å². The molecule has 5 aromatic rings. The molecule has 0 spiro atoms. The molecule has 0 aliphatic carbocycles. The van der Waals surface area contributed by atoms with Gasteiger partial charge in [-0.25, -0.2) is 9.82 Å². The largest absolute Gasteiger partial charge is 0.488 e. The van der Waals surface area contributed by atoms with Crippen LogP contribution >= 0.6 is 0 Å². The van der Waals surface area contributed by atoms with Crippen molar-refractivity contribution in [3.63, 3.8) is 0 Å². The fourth-order valence-electron chi connectivity index (χ4n) is 4.10.